The summed E-state index contributed by atoms with van der Waals surface area (Å²) in [7, 11) is -3.53. The average Bonchev–Trinajstić information content (AvgIpc) is 3.09. The van der Waals surface area contributed by atoms with Crippen LogP contribution in [0.1, 0.15) is 18.2 Å². The smallest absolute Gasteiger partial charge is 0.246 e. The van der Waals surface area contributed by atoms with Gasteiger partial charge in [0.2, 0.25) is 10.0 Å². The van der Waals surface area contributed by atoms with Gasteiger partial charge in [-0.1, -0.05) is 18.2 Å². The molecule has 4 rings (SSSR count). The maximum Gasteiger partial charge on any atom is 0.246 e. The molecule has 3 aromatic rings. The van der Waals surface area contributed by atoms with Gasteiger partial charge in [-0.2, -0.15) is 9.40 Å². The topological polar surface area (TPSA) is 71.3 Å². The number of aryl methyl sites for hydroxylation is 2. The molecule has 0 atom stereocenters. The molecule has 0 saturated carbocycles. The minimum absolute atomic E-state index is 0.308. The monoisotopic (exact) mass is 399 g/mol. The predicted molar refractivity (Wildman–Crippen MR) is 110 cm³/mol. The summed E-state index contributed by atoms with van der Waals surface area (Å²) in [4.78, 5) is 7.25. The van der Waals surface area contributed by atoms with Crippen LogP contribution in [0.15, 0.2) is 41.4 Å². The predicted octanol–water partition coefficient (Wildman–Crippen LogP) is 2.58. The van der Waals surface area contributed by atoms with Gasteiger partial charge in [0.05, 0.1) is 17.4 Å². The van der Waals surface area contributed by atoms with Crippen LogP contribution in [0.2, 0.25) is 0 Å². The van der Waals surface area contributed by atoms with Crippen LogP contribution >= 0.6 is 0 Å². The maximum absolute atomic E-state index is 13.0. The van der Waals surface area contributed by atoms with Crippen molar-refractivity contribution in [3.8, 4) is 0 Å². The first kappa shape index (κ1) is 18.9. The number of hydrogen-bond acceptors (Lipinski definition) is 5. The van der Waals surface area contributed by atoms with Crippen molar-refractivity contribution in [1.29, 1.82) is 0 Å². The van der Waals surface area contributed by atoms with E-state index < -0.39 is 10.0 Å². The van der Waals surface area contributed by atoms with Crippen LogP contribution in [0, 0.1) is 13.8 Å². The third-order valence-corrected chi connectivity index (χ3v) is 7.45. The summed E-state index contributed by atoms with van der Waals surface area (Å²) < 4.78 is 29.4. The molecule has 0 aliphatic carbocycles. The number of pyridine rings is 1. The molecule has 0 unspecified atom stereocenters. The highest BCUT2D eigenvalue weighted by Crippen LogP contribution is 2.25. The van der Waals surface area contributed by atoms with Crippen molar-refractivity contribution >= 4 is 26.7 Å². The Hall–Kier alpha value is -2.45. The Morgan fingerprint density at radius 2 is 1.79 bits per heavy atom. The Morgan fingerprint density at radius 1 is 1.07 bits per heavy atom. The number of sulfonamides is 1. The number of piperazine rings is 1. The van der Waals surface area contributed by atoms with Crippen LogP contribution < -0.4 is 4.90 Å². The van der Waals surface area contributed by atoms with Gasteiger partial charge >= 0.3 is 0 Å². The van der Waals surface area contributed by atoms with Crippen molar-refractivity contribution in [2.24, 2.45) is 0 Å². The lowest BCUT2D eigenvalue weighted by Gasteiger charge is -2.34. The molecule has 2 aromatic heterocycles. The normalized spacial score (nSPS) is 16.0. The van der Waals surface area contributed by atoms with Crippen molar-refractivity contribution in [3.63, 3.8) is 0 Å². The van der Waals surface area contributed by atoms with E-state index >= 15 is 0 Å². The van der Waals surface area contributed by atoms with Crippen LogP contribution in [-0.4, -0.2) is 53.7 Å². The summed E-state index contributed by atoms with van der Waals surface area (Å²) in [5, 5.41) is 5.34. The standard InChI is InChI=1S/C20H25N5O2S/c1-4-25-16(3)19(14-21-25)28(26,27)24-11-9-23(10-12-24)20-13-15(2)17-7-5-6-8-18(17)22-20/h5-8,13-14H,4,9-12H2,1-3H3. The van der Waals surface area contributed by atoms with E-state index in [0.29, 0.717) is 43.3 Å². The molecule has 1 aliphatic heterocycles. The molecule has 1 aliphatic rings. The summed E-state index contributed by atoms with van der Waals surface area (Å²) in [5.74, 6) is 0.906. The van der Waals surface area contributed by atoms with E-state index in [1.54, 1.807) is 15.9 Å². The van der Waals surface area contributed by atoms with Gasteiger partial charge in [0.1, 0.15) is 10.7 Å². The molecule has 0 bridgehead atoms. The Kier molecular flexibility index (Phi) is 4.84. The third kappa shape index (κ3) is 3.16. The zero-order valence-electron chi connectivity index (χ0n) is 16.5. The first-order valence-corrected chi connectivity index (χ1v) is 11.0. The lowest BCUT2D eigenvalue weighted by Crippen LogP contribution is -2.49. The molecule has 3 heterocycles. The fraction of sp³-hybridized carbons (Fsp3) is 0.400. The first-order chi connectivity index (χ1) is 13.4. The third-order valence-electron chi connectivity index (χ3n) is 5.45. The summed E-state index contributed by atoms with van der Waals surface area (Å²) in [6, 6.07) is 10.2. The van der Waals surface area contributed by atoms with Crippen molar-refractivity contribution in [2.75, 3.05) is 31.1 Å². The van der Waals surface area contributed by atoms with Crippen LogP contribution in [0.25, 0.3) is 10.9 Å². The number of benzene rings is 1. The highest BCUT2D eigenvalue weighted by molar-refractivity contribution is 7.89. The second-order valence-corrected chi connectivity index (χ2v) is 9.02. The molecular weight excluding hydrogens is 374 g/mol. The van der Waals surface area contributed by atoms with Crippen LogP contribution in [-0.2, 0) is 16.6 Å². The first-order valence-electron chi connectivity index (χ1n) is 9.55. The molecule has 7 nitrogen and oxygen atoms in total. The van der Waals surface area contributed by atoms with E-state index in [0.717, 1.165) is 16.7 Å². The number of para-hydroxylation sites is 1. The molecular formula is C20H25N5O2S. The highest BCUT2D eigenvalue weighted by Gasteiger charge is 2.31. The van der Waals surface area contributed by atoms with Crippen molar-refractivity contribution < 1.29 is 8.42 Å². The Balaban J connectivity index is 1.54. The number of fused-ring (bicyclic) bond motifs is 1. The number of rotatable bonds is 4. The number of aromatic nitrogens is 3. The van der Waals surface area contributed by atoms with Gasteiger partial charge < -0.3 is 4.90 Å². The Bertz CT molecular complexity index is 1110. The summed E-state index contributed by atoms with van der Waals surface area (Å²) >= 11 is 0. The van der Waals surface area contributed by atoms with E-state index in [4.69, 9.17) is 4.98 Å². The summed E-state index contributed by atoms with van der Waals surface area (Å²) in [6.45, 7) is 8.61. The fourth-order valence-electron chi connectivity index (χ4n) is 3.79. The summed E-state index contributed by atoms with van der Waals surface area (Å²) in [6.07, 6.45) is 1.47. The van der Waals surface area contributed by atoms with Crippen LogP contribution in [0.5, 0.6) is 0 Å². The van der Waals surface area contributed by atoms with Crippen molar-refractivity contribution in [2.45, 2.75) is 32.2 Å². The van der Waals surface area contributed by atoms with Crippen LogP contribution in [0.4, 0.5) is 5.82 Å². The number of nitrogens with zero attached hydrogens (tertiary/aromatic N) is 5. The van der Waals surface area contributed by atoms with E-state index in [-0.39, 0.29) is 0 Å². The SMILES string of the molecule is CCn1ncc(S(=O)(=O)N2CCN(c3cc(C)c4ccccc4n3)CC2)c1C. The van der Waals surface area contributed by atoms with Crippen LogP contribution in [0.3, 0.4) is 0 Å². The maximum atomic E-state index is 13.0. The minimum Gasteiger partial charge on any atom is -0.354 e. The average molecular weight is 400 g/mol. The lowest BCUT2D eigenvalue weighted by molar-refractivity contribution is 0.383. The highest BCUT2D eigenvalue weighted by atomic mass is 32.2. The van der Waals surface area contributed by atoms with E-state index in [9.17, 15) is 8.42 Å². The molecule has 1 saturated heterocycles. The van der Waals surface area contributed by atoms with E-state index in [1.165, 1.54) is 11.8 Å². The van der Waals surface area contributed by atoms with Gasteiger partial charge in [0.25, 0.3) is 0 Å². The molecule has 28 heavy (non-hydrogen) atoms. The van der Waals surface area contributed by atoms with Gasteiger partial charge in [0.15, 0.2) is 0 Å². The van der Waals surface area contributed by atoms with Gasteiger partial charge in [-0.15, -0.1) is 0 Å². The Labute approximate surface area is 165 Å². The van der Waals surface area contributed by atoms with Gasteiger partial charge in [0, 0.05) is 38.1 Å². The molecule has 0 radical (unpaired) electrons. The summed E-state index contributed by atoms with van der Waals surface area (Å²) in [5.41, 5.74) is 2.84. The second kappa shape index (κ2) is 7.18. The van der Waals surface area contributed by atoms with Crippen molar-refractivity contribution in [3.05, 3.63) is 47.8 Å². The molecule has 1 aromatic carbocycles. The number of anilines is 1. The Morgan fingerprint density at radius 3 is 2.46 bits per heavy atom. The molecule has 148 valence electrons. The van der Waals surface area contributed by atoms with Gasteiger partial charge in [-0.3, -0.25) is 4.68 Å². The zero-order chi connectivity index (χ0) is 19.9. The van der Waals surface area contributed by atoms with Gasteiger partial charge in [-0.25, -0.2) is 13.4 Å². The molecule has 0 N–H and O–H groups in total. The molecule has 0 spiro atoms. The van der Waals surface area contributed by atoms with Crippen molar-refractivity contribution in [1.82, 2.24) is 19.1 Å². The minimum atomic E-state index is -3.53. The molecule has 1 fully saturated rings. The van der Waals surface area contributed by atoms with E-state index in [1.807, 2.05) is 25.1 Å². The zero-order valence-corrected chi connectivity index (χ0v) is 17.3. The van der Waals surface area contributed by atoms with E-state index in [2.05, 4.69) is 29.1 Å². The molecule has 0 amide bonds. The molecule has 8 heteroatoms. The fourth-order valence-corrected chi connectivity index (χ4v) is 5.37. The lowest BCUT2D eigenvalue weighted by atomic mass is 10.1. The number of hydrogen-bond donors (Lipinski definition) is 0. The second-order valence-electron chi connectivity index (χ2n) is 7.12. The quantitative estimate of drug-likeness (QED) is 0.674. The largest absolute Gasteiger partial charge is 0.354 e. The van der Waals surface area contributed by atoms with Gasteiger partial charge in [-0.05, 0) is 38.5 Å².